The number of hydrazine groups is 1. The Morgan fingerprint density at radius 1 is 1.00 bits per heavy atom. The molecule has 5 heteroatoms. The smallest absolute Gasteiger partial charge is 0.229 e. The fourth-order valence-electron chi connectivity index (χ4n) is 3.34. The van der Waals surface area contributed by atoms with Gasteiger partial charge >= 0.3 is 0 Å². The summed E-state index contributed by atoms with van der Waals surface area (Å²) in [6.45, 7) is 6.48. The van der Waals surface area contributed by atoms with Gasteiger partial charge in [0.1, 0.15) is 0 Å². The fraction of sp³-hybridized carbons (Fsp3) is 0.238. The van der Waals surface area contributed by atoms with E-state index in [1.54, 1.807) is 0 Å². The van der Waals surface area contributed by atoms with Crippen LogP contribution in [-0.4, -0.2) is 16.0 Å². The van der Waals surface area contributed by atoms with E-state index in [0.717, 1.165) is 17.1 Å². The van der Waals surface area contributed by atoms with Gasteiger partial charge in [-0.05, 0) is 38.5 Å². The summed E-state index contributed by atoms with van der Waals surface area (Å²) in [7, 11) is 0. The third-order valence-electron chi connectivity index (χ3n) is 4.78. The number of aromatic nitrogens is 2. The van der Waals surface area contributed by atoms with Crippen LogP contribution in [0.1, 0.15) is 31.9 Å². The standard InChI is InChI=1S/C21H23N5/c1-15(2)26-19-18(21(3,25-26)16-10-6-4-7-11-16)14-22-20(24-19)23-17-12-8-5-9-13-17/h4-15,25H,1-3H3,(H,22,23,24). The average Bonchev–Trinajstić information content (AvgIpc) is 2.97. The average molecular weight is 345 g/mol. The zero-order valence-corrected chi connectivity index (χ0v) is 15.3. The van der Waals surface area contributed by atoms with Gasteiger partial charge in [0.05, 0.1) is 5.54 Å². The van der Waals surface area contributed by atoms with Crippen LogP contribution in [0.3, 0.4) is 0 Å². The molecule has 0 aliphatic carbocycles. The summed E-state index contributed by atoms with van der Waals surface area (Å²) in [5.41, 5.74) is 6.53. The first-order valence-electron chi connectivity index (χ1n) is 8.90. The highest BCUT2D eigenvalue weighted by atomic mass is 15.6. The SMILES string of the molecule is CC(C)N1NC(C)(c2ccccc2)c2cnc(Nc3ccccc3)nc21. The largest absolute Gasteiger partial charge is 0.324 e. The van der Waals surface area contributed by atoms with Gasteiger partial charge in [-0.15, -0.1) is 0 Å². The highest BCUT2D eigenvalue weighted by Gasteiger charge is 2.42. The lowest BCUT2D eigenvalue weighted by Crippen LogP contribution is -2.48. The minimum atomic E-state index is -0.355. The Bertz CT molecular complexity index is 895. The molecule has 1 aromatic heterocycles. The van der Waals surface area contributed by atoms with E-state index in [4.69, 9.17) is 4.98 Å². The van der Waals surface area contributed by atoms with E-state index in [9.17, 15) is 0 Å². The molecule has 1 unspecified atom stereocenters. The van der Waals surface area contributed by atoms with Crippen LogP contribution >= 0.6 is 0 Å². The van der Waals surface area contributed by atoms with Crippen LogP contribution in [0.15, 0.2) is 66.9 Å². The van der Waals surface area contributed by atoms with Crippen LogP contribution in [0, 0.1) is 0 Å². The lowest BCUT2D eigenvalue weighted by atomic mass is 9.87. The van der Waals surface area contributed by atoms with Crippen LogP contribution < -0.4 is 15.8 Å². The van der Waals surface area contributed by atoms with Crippen molar-refractivity contribution < 1.29 is 0 Å². The summed E-state index contributed by atoms with van der Waals surface area (Å²) in [6.07, 6.45) is 1.93. The Morgan fingerprint density at radius 3 is 2.31 bits per heavy atom. The Labute approximate surface area is 154 Å². The monoisotopic (exact) mass is 345 g/mol. The summed E-state index contributed by atoms with van der Waals surface area (Å²) >= 11 is 0. The molecule has 0 saturated heterocycles. The van der Waals surface area contributed by atoms with E-state index in [0.29, 0.717) is 5.95 Å². The number of para-hydroxylation sites is 1. The predicted octanol–water partition coefficient (Wildman–Crippen LogP) is 4.22. The van der Waals surface area contributed by atoms with Crippen molar-refractivity contribution in [2.75, 3.05) is 10.3 Å². The molecule has 0 fully saturated rings. The lowest BCUT2D eigenvalue weighted by molar-refractivity contribution is 0.434. The Kier molecular flexibility index (Phi) is 4.09. The van der Waals surface area contributed by atoms with Crippen molar-refractivity contribution in [1.29, 1.82) is 0 Å². The maximum Gasteiger partial charge on any atom is 0.229 e. The topological polar surface area (TPSA) is 53.1 Å². The molecule has 2 aromatic carbocycles. The molecule has 1 aliphatic rings. The minimum absolute atomic E-state index is 0.263. The van der Waals surface area contributed by atoms with E-state index in [1.165, 1.54) is 5.56 Å². The Hall–Kier alpha value is -2.92. The van der Waals surface area contributed by atoms with E-state index < -0.39 is 0 Å². The van der Waals surface area contributed by atoms with Crippen molar-refractivity contribution in [2.24, 2.45) is 0 Å². The van der Waals surface area contributed by atoms with Crippen molar-refractivity contribution in [3.05, 3.63) is 78.0 Å². The maximum absolute atomic E-state index is 4.81. The molecule has 2 heterocycles. The number of benzene rings is 2. The molecule has 2 N–H and O–H groups in total. The molecule has 3 aromatic rings. The highest BCUT2D eigenvalue weighted by Crippen LogP contribution is 2.41. The number of nitrogens with one attached hydrogen (secondary N) is 2. The second kappa shape index (κ2) is 6.42. The number of hydrogen-bond donors (Lipinski definition) is 2. The van der Waals surface area contributed by atoms with Gasteiger partial charge in [-0.2, -0.15) is 4.98 Å². The third kappa shape index (κ3) is 2.80. The quantitative estimate of drug-likeness (QED) is 0.741. The number of fused-ring (bicyclic) bond motifs is 1. The predicted molar refractivity (Wildman–Crippen MR) is 105 cm³/mol. The molecule has 1 aliphatic heterocycles. The molecule has 4 rings (SSSR count). The molecular weight excluding hydrogens is 322 g/mol. The van der Waals surface area contributed by atoms with E-state index in [-0.39, 0.29) is 11.6 Å². The summed E-state index contributed by atoms with van der Waals surface area (Å²) in [6, 6.07) is 20.7. The molecule has 0 bridgehead atoms. The molecule has 1 atom stereocenters. The van der Waals surface area contributed by atoms with Gasteiger partial charge in [0.15, 0.2) is 5.82 Å². The van der Waals surface area contributed by atoms with E-state index in [1.807, 2.05) is 42.6 Å². The second-order valence-electron chi connectivity index (χ2n) is 6.99. The fourth-order valence-corrected chi connectivity index (χ4v) is 3.34. The zero-order valence-electron chi connectivity index (χ0n) is 15.3. The van der Waals surface area contributed by atoms with Crippen LogP contribution in [-0.2, 0) is 5.54 Å². The molecule has 0 amide bonds. The molecule has 5 nitrogen and oxygen atoms in total. The summed E-state index contributed by atoms with van der Waals surface area (Å²) in [5.74, 6) is 1.51. The van der Waals surface area contributed by atoms with Gasteiger partial charge in [0, 0.05) is 23.5 Å². The minimum Gasteiger partial charge on any atom is -0.324 e. The van der Waals surface area contributed by atoms with Gasteiger partial charge in [0.25, 0.3) is 0 Å². The molecular formula is C21H23N5. The van der Waals surface area contributed by atoms with Crippen molar-refractivity contribution in [2.45, 2.75) is 32.4 Å². The summed E-state index contributed by atoms with van der Waals surface area (Å²) < 4.78 is 0. The number of hydrogen-bond acceptors (Lipinski definition) is 5. The highest BCUT2D eigenvalue weighted by molar-refractivity contribution is 5.62. The van der Waals surface area contributed by atoms with Gasteiger partial charge in [0.2, 0.25) is 5.95 Å². The first-order valence-corrected chi connectivity index (χ1v) is 8.90. The molecule has 0 spiro atoms. The van der Waals surface area contributed by atoms with Crippen molar-refractivity contribution in [3.63, 3.8) is 0 Å². The Balaban J connectivity index is 1.76. The molecule has 132 valence electrons. The van der Waals surface area contributed by atoms with E-state index >= 15 is 0 Å². The lowest BCUT2D eigenvalue weighted by Gasteiger charge is -2.30. The number of nitrogens with zero attached hydrogens (tertiary/aromatic N) is 3. The van der Waals surface area contributed by atoms with Crippen molar-refractivity contribution in [3.8, 4) is 0 Å². The van der Waals surface area contributed by atoms with Crippen molar-refractivity contribution in [1.82, 2.24) is 15.4 Å². The van der Waals surface area contributed by atoms with Gasteiger partial charge in [-0.1, -0.05) is 48.5 Å². The van der Waals surface area contributed by atoms with E-state index in [2.05, 4.69) is 65.8 Å². The normalized spacial score (nSPS) is 18.8. The summed E-state index contributed by atoms with van der Waals surface area (Å²) in [5, 5.41) is 5.41. The molecule has 0 radical (unpaired) electrons. The maximum atomic E-state index is 4.81. The first kappa shape index (κ1) is 16.5. The third-order valence-corrected chi connectivity index (χ3v) is 4.78. The van der Waals surface area contributed by atoms with Crippen LogP contribution in [0.4, 0.5) is 17.5 Å². The number of anilines is 3. The number of rotatable bonds is 4. The first-order chi connectivity index (χ1) is 12.6. The molecule has 26 heavy (non-hydrogen) atoms. The second-order valence-corrected chi connectivity index (χ2v) is 6.99. The van der Waals surface area contributed by atoms with Crippen LogP contribution in [0.5, 0.6) is 0 Å². The van der Waals surface area contributed by atoms with Crippen molar-refractivity contribution >= 4 is 17.5 Å². The summed E-state index contributed by atoms with van der Waals surface area (Å²) in [4.78, 5) is 9.38. The van der Waals surface area contributed by atoms with Crippen LogP contribution in [0.25, 0.3) is 0 Å². The van der Waals surface area contributed by atoms with Gasteiger partial charge < -0.3 is 5.32 Å². The van der Waals surface area contributed by atoms with Gasteiger partial charge in [-0.25, -0.2) is 10.4 Å². The Morgan fingerprint density at radius 2 is 1.65 bits per heavy atom. The molecule has 0 saturated carbocycles. The van der Waals surface area contributed by atoms with Gasteiger partial charge in [-0.3, -0.25) is 5.01 Å². The zero-order chi connectivity index (χ0) is 18.1. The van der Waals surface area contributed by atoms with Crippen LogP contribution in [0.2, 0.25) is 0 Å².